The highest BCUT2D eigenvalue weighted by molar-refractivity contribution is 7.92. The number of para-hydroxylation sites is 1. The van der Waals surface area contributed by atoms with Crippen LogP contribution in [0.15, 0.2) is 99.6 Å². The molecule has 4 aromatic rings. The molecule has 1 aromatic heterocycles. The van der Waals surface area contributed by atoms with Crippen molar-refractivity contribution in [2.45, 2.75) is 14.7 Å². The lowest BCUT2D eigenvalue weighted by Crippen LogP contribution is -2.30. The van der Waals surface area contributed by atoms with Gasteiger partial charge in [0.1, 0.15) is 10.7 Å². The second-order valence-corrected chi connectivity index (χ2v) is 9.80. The molecular weight excluding hydrogens is 410 g/mol. The van der Waals surface area contributed by atoms with Crippen LogP contribution >= 0.6 is 0 Å². The maximum atomic E-state index is 13.3. The third-order valence-corrected chi connectivity index (χ3v) is 7.46. The van der Waals surface area contributed by atoms with Gasteiger partial charge in [0.25, 0.3) is 10.0 Å². The molecule has 1 heterocycles. The first-order valence-corrected chi connectivity index (χ1v) is 11.6. The fourth-order valence-corrected chi connectivity index (χ4v) is 5.44. The van der Waals surface area contributed by atoms with Gasteiger partial charge >= 0.3 is 0 Å². The Hall–Kier alpha value is -3.14. The number of fused-ring (bicyclic) bond motifs is 1. The summed E-state index contributed by atoms with van der Waals surface area (Å²) in [5, 5.41) is 0.456. The fraction of sp³-hybridized carbons (Fsp3) is 0. The molecule has 0 spiro atoms. The predicted octanol–water partition coefficient (Wildman–Crippen LogP) is 3.31. The first-order chi connectivity index (χ1) is 13.9. The monoisotopic (exact) mass is 427 g/mol. The van der Waals surface area contributed by atoms with Crippen LogP contribution in [0.25, 0.3) is 10.9 Å². The first-order valence-electron chi connectivity index (χ1n) is 8.63. The van der Waals surface area contributed by atoms with Crippen molar-refractivity contribution in [1.29, 1.82) is 0 Å². The largest absolute Gasteiger partial charge is 0.339 e. The van der Waals surface area contributed by atoms with Crippen molar-refractivity contribution in [3.63, 3.8) is 0 Å². The van der Waals surface area contributed by atoms with E-state index in [4.69, 9.17) is 0 Å². The number of hydrazine groups is 1. The van der Waals surface area contributed by atoms with Gasteiger partial charge in [0.15, 0.2) is 0 Å². The molecule has 3 aromatic carbocycles. The normalized spacial score (nSPS) is 12.1. The second-order valence-electron chi connectivity index (χ2n) is 6.23. The summed E-state index contributed by atoms with van der Waals surface area (Å²) in [4.78, 5) is 5.32. The quantitative estimate of drug-likeness (QED) is 0.409. The van der Waals surface area contributed by atoms with E-state index in [1.807, 2.05) is 0 Å². The molecule has 0 saturated heterocycles. The van der Waals surface area contributed by atoms with Gasteiger partial charge in [0, 0.05) is 10.9 Å². The Balaban J connectivity index is 1.79. The zero-order chi connectivity index (χ0) is 20.5. The number of aromatic nitrogens is 1. The summed E-state index contributed by atoms with van der Waals surface area (Å²) < 4.78 is 51.6. The molecule has 0 atom stereocenters. The van der Waals surface area contributed by atoms with Crippen molar-refractivity contribution in [3.8, 4) is 0 Å². The molecule has 0 amide bonds. The Labute approximate surface area is 168 Å². The average molecular weight is 428 g/mol. The predicted molar refractivity (Wildman–Crippen MR) is 111 cm³/mol. The summed E-state index contributed by atoms with van der Waals surface area (Å²) in [6, 6.07) is 22.6. The standard InChI is InChI=1S/C20H17N3O4S2/c24-28(25,15-9-3-1-4-10-15)19-17-13-7-8-14-18(17)21-20(19)22-23-29(26,27)16-11-5-2-6-12-16/h1-14,21-23H. The summed E-state index contributed by atoms with van der Waals surface area (Å²) in [5.41, 5.74) is 3.10. The van der Waals surface area contributed by atoms with Gasteiger partial charge < -0.3 is 4.98 Å². The maximum absolute atomic E-state index is 13.3. The molecule has 0 radical (unpaired) electrons. The van der Waals surface area contributed by atoms with Crippen molar-refractivity contribution < 1.29 is 16.8 Å². The van der Waals surface area contributed by atoms with Crippen LogP contribution in [0, 0.1) is 0 Å². The van der Waals surface area contributed by atoms with Crippen LogP contribution in [0.4, 0.5) is 5.82 Å². The lowest BCUT2D eigenvalue weighted by atomic mass is 10.2. The van der Waals surface area contributed by atoms with Crippen molar-refractivity contribution in [2.24, 2.45) is 0 Å². The van der Waals surface area contributed by atoms with Crippen molar-refractivity contribution >= 4 is 36.6 Å². The van der Waals surface area contributed by atoms with E-state index < -0.39 is 19.9 Å². The number of hydrogen-bond donors (Lipinski definition) is 3. The summed E-state index contributed by atoms with van der Waals surface area (Å²) >= 11 is 0. The van der Waals surface area contributed by atoms with Crippen molar-refractivity contribution in [3.05, 3.63) is 84.9 Å². The highest BCUT2D eigenvalue weighted by Crippen LogP contribution is 2.34. The SMILES string of the molecule is O=S(=O)(NNc1[nH]c2ccccc2c1S(=O)(=O)c1ccccc1)c1ccccc1. The molecular formula is C20H17N3O4S2. The Kier molecular flexibility index (Phi) is 4.87. The molecule has 3 N–H and O–H groups in total. The van der Waals surface area contributed by atoms with Crippen LogP contribution in [-0.4, -0.2) is 21.8 Å². The molecule has 0 fully saturated rings. The molecule has 29 heavy (non-hydrogen) atoms. The number of sulfonamides is 1. The molecule has 0 aliphatic rings. The molecule has 7 nitrogen and oxygen atoms in total. The van der Waals surface area contributed by atoms with Crippen LogP contribution in [0.2, 0.25) is 0 Å². The van der Waals surface area contributed by atoms with E-state index in [9.17, 15) is 16.8 Å². The van der Waals surface area contributed by atoms with Gasteiger partial charge in [0.05, 0.1) is 9.79 Å². The van der Waals surface area contributed by atoms with Crippen LogP contribution in [0.1, 0.15) is 0 Å². The maximum Gasteiger partial charge on any atom is 0.257 e. The number of anilines is 1. The third-order valence-electron chi connectivity index (χ3n) is 4.34. The van der Waals surface area contributed by atoms with Crippen LogP contribution in [0.5, 0.6) is 0 Å². The minimum absolute atomic E-state index is 0.0324. The van der Waals surface area contributed by atoms with Crippen LogP contribution in [0.3, 0.4) is 0 Å². The number of rotatable bonds is 6. The minimum atomic E-state index is -3.91. The Morgan fingerprint density at radius 1 is 0.655 bits per heavy atom. The number of nitrogens with one attached hydrogen (secondary N) is 3. The highest BCUT2D eigenvalue weighted by atomic mass is 32.2. The average Bonchev–Trinajstić information content (AvgIpc) is 3.13. The van der Waals surface area contributed by atoms with Gasteiger partial charge in [-0.15, -0.1) is 4.83 Å². The van der Waals surface area contributed by atoms with Crippen LogP contribution < -0.4 is 10.3 Å². The minimum Gasteiger partial charge on any atom is -0.339 e. The van der Waals surface area contributed by atoms with Crippen molar-refractivity contribution in [2.75, 3.05) is 5.43 Å². The zero-order valence-electron chi connectivity index (χ0n) is 15.0. The molecule has 9 heteroatoms. The van der Waals surface area contributed by atoms with E-state index in [0.717, 1.165) is 0 Å². The van der Waals surface area contributed by atoms with E-state index in [0.29, 0.717) is 10.9 Å². The Morgan fingerprint density at radius 2 is 1.21 bits per heavy atom. The van der Waals surface area contributed by atoms with Gasteiger partial charge in [-0.05, 0) is 30.3 Å². The fourth-order valence-electron chi connectivity index (χ4n) is 2.98. The van der Waals surface area contributed by atoms with Gasteiger partial charge in [-0.3, -0.25) is 5.43 Å². The summed E-state index contributed by atoms with van der Waals surface area (Å²) in [6.07, 6.45) is 0. The second kappa shape index (κ2) is 7.36. The van der Waals surface area contributed by atoms with Gasteiger partial charge in [-0.1, -0.05) is 54.6 Å². The summed E-state index contributed by atoms with van der Waals surface area (Å²) in [6.45, 7) is 0. The summed E-state index contributed by atoms with van der Waals surface area (Å²) in [7, 11) is -7.81. The smallest absolute Gasteiger partial charge is 0.257 e. The van der Waals surface area contributed by atoms with E-state index >= 15 is 0 Å². The van der Waals surface area contributed by atoms with E-state index in [1.165, 1.54) is 24.3 Å². The first kappa shape index (κ1) is 19.2. The molecule has 0 saturated carbocycles. The van der Waals surface area contributed by atoms with Gasteiger partial charge in [-0.2, -0.15) is 0 Å². The number of hydrogen-bond acceptors (Lipinski definition) is 5. The lowest BCUT2D eigenvalue weighted by Gasteiger charge is -2.11. The number of aromatic amines is 1. The van der Waals surface area contributed by atoms with E-state index in [2.05, 4.69) is 15.2 Å². The molecule has 148 valence electrons. The highest BCUT2D eigenvalue weighted by Gasteiger charge is 2.27. The van der Waals surface area contributed by atoms with E-state index in [1.54, 1.807) is 60.7 Å². The van der Waals surface area contributed by atoms with E-state index in [-0.39, 0.29) is 20.5 Å². The van der Waals surface area contributed by atoms with Crippen LogP contribution in [-0.2, 0) is 19.9 Å². The summed E-state index contributed by atoms with van der Waals surface area (Å²) in [5.74, 6) is 0.0366. The number of H-pyrrole nitrogens is 1. The molecule has 4 rings (SSSR count). The molecule has 0 unspecified atom stereocenters. The van der Waals surface area contributed by atoms with Crippen molar-refractivity contribution in [1.82, 2.24) is 9.82 Å². The zero-order valence-corrected chi connectivity index (χ0v) is 16.7. The topological polar surface area (TPSA) is 108 Å². The number of sulfone groups is 1. The Bertz CT molecular complexity index is 1370. The lowest BCUT2D eigenvalue weighted by molar-refractivity contribution is 0.586. The third kappa shape index (κ3) is 3.63. The Morgan fingerprint density at radius 3 is 1.86 bits per heavy atom. The molecule has 0 bridgehead atoms. The van der Waals surface area contributed by atoms with Gasteiger partial charge in [-0.25, -0.2) is 16.8 Å². The molecule has 0 aliphatic carbocycles. The van der Waals surface area contributed by atoms with Gasteiger partial charge in [0.2, 0.25) is 9.84 Å². The molecule has 0 aliphatic heterocycles. The number of benzene rings is 3.